The number of rotatable bonds is 9. The predicted octanol–water partition coefficient (Wildman–Crippen LogP) is 3.85. The molecule has 0 fully saturated rings. The minimum absolute atomic E-state index is 0.252. The second-order valence-electron chi connectivity index (χ2n) is 7.11. The number of anilines is 1. The van der Waals surface area contributed by atoms with Crippen LogP contribution in [0.25, 0.3) is 11.3 Å². The molecule has 0 saturated heterocycles. The summed E-state index contributed by atoms with van der Waals surface area (Å²) in [4.78, 5) is 13.7. The second kappa shape index (κ2) is 10.1. The summed E-state index contributed by atoms with van der Waals surface area (Å²) in [5.41, 5.74) is 8.20. The fraction of sp³-hybridized carbons (Fsp3) is 0.136. The molecule has 0 bridgehead atoms. The Labute approximate surface area is 194 Å². The third-order valence-corrected chi connectivity index (χ3v) is 5.63. The van der Waals surface area contributed by atoms with Gasteiger partial charge in [0.2, 0.25) is 12.6 Å². The van der Waals surface area contributed by atoms with E-state index in [4.69, 9.17) is 19.5 Å². The Hall–Kier alpha value is -3.63. The van der Waals surface area contributed by atoms with Crippen LogP contribution in [0.4, 0.5) is 10.2 Å². The van der Waals surface area contributed by atoms with E-state index < -0.39 is 13.6 Å². The number of phosphoric ester groups is 1. The minimum atomic E-state index is -4.15. The summed E-state index contributed by atoms with van der Waals surface area (Å²) in [6.45, 7) is -0.294. The standard InChI is InChI=1S/C22H20FN4O6P/c1-30-34(28,29)31-14-27-9-3-6-19(22(27)24)20-12-17(26-33-20)10-15-7-8-21(25-13-15)32-18-5-2-4-16(23)11-18/h2-9,11-13,24H,10,14H2,1H3,(H,28,29)/p+1. The quantitative estimate of drug-likeness (QED) is 0.267. The fourth-order valence-electron chi connectivity index (χ4n) is 3.03. The molecule has 3 aromatic heterocycles. The molecule has 1 aromatic carbocycles. The van der Waals surface area contributed by atoms with Gasteiger partial charge in [-0.05, 0) is 29.8 Å². The number of ether oxygens (including phenoxy) is 1. The summed E-state index contributed by atoms with van der Waals surface area (Å²) in [6, 6.07) is 14.5. The van der Waals surface area contributed by atoms with Crippen molar-refractivity contribution in [1.82, 2.24) is 10.1 Å². The Morgan fingerprint density at radius 3 is 2.79 bits per heavy atom. The highest BCUT2D eigenvalue weighted by atomic mass is 31.2. The first-order chi connectivity index (χ1) is 16.3. The van der Waals surface area contributed by atoms with Gasteiger partial charge in [-0.3, -0.25) is 10.3 Å². The van der Waals surface area contributed by atoms with Crippen LogP contribution in [0.15, 0.2) is 71.5 Å². The number of nitrogens with zero attached hydrogens (tertiary/aromatic N) is 3. The van der Waals surface area contributed by atoms with Gasteiger partial charge < -0.3 is 14.2 Å². The van der Waals surface area contributed by atoms with Crippen LogP contribution in [0.1, 0.15) is 11.3 Å². The molecule has 0 aliphatic heterocycles. The Bertz CT molecular complexity index is 1330. The molecule has 34 heavy (non-hydrogen) atoms. The number of pyridine rings is 2. The first-order valence-corrected chi connectivity index (χ1v) is 11.5. The van der Waals surface area contributed by atoms with Gasteiger partial charge in [-0.25, -0.2) is 23.0 Å². The number of nitrogens with two attached hydrogens (primary N) is 1. The number of phosphoric acid groups is 1. The molecule has 1 atom stereocenters. The predicted molar refractivity (Wildman–Crippen MR) is 118 cm³/mol. The van der Waals surface area contributed by atoms with E-state index in [1.807, 2.05) is 6.07 Å². The van der Waals surface area contributed by atoms with Crippen LogP contribution in [0.5, 0.6) is 11.6 Å². The minimum Gasteiger partial charge on any atom is -0.439 e. The van der Waals surface area contributed by atoms with Crippen molar-refractivity contribution in [2.24, 2.45) is 0 Å². The van der Waals surface area contributed by atoms with E-state index in [9.17, 15) is 13.8 Å². The highest BCUT2D eigenvalue weighted by Gasteiger charge is 2.22. The van der Waals surface area contributed by atoms with Crippen LogP contribution in [0.3, 0.4) is 0 Å². The van der Waals surface area contributed by atoms with Crippen molar-refractivity contribution in [3.63, 3.8) is 0 Å². The molecular formula is C22H21FN4O6P+. The van der Waals surface area contributed by atoms with Crippen LogP contribution >= 0.6 is 7.82 Å². The number of aromatic nitrogens is 3. The van der Waals surface area contributed by atoms with Gasteiger partial charge in [0.25, 0.3) is 5.82 Å². The molecule has 3 heterocycles. The summed E-state index contributed by atoms with van der Waals surface area (Å²) in [5.74, 6) is 0.964. The fourth-order valence-corrected chi connectivity index (χ4v) is 3.41. The summed E-state index contributed by atoms with van der Waals surface area (Å²) >= 11 is 0. The van der Waals surface area contributed by atoms with Gasteiger partial charge in [0.05, 0.1) is 11.9 Å². The highest BCUT2D eigenvalue weighted by molar-refractivity contribution is 7.47. The first-order valence-electron chi connectivity index (χ1n) is 9.98. The van der Waals surface area contributed by atoms with Gasteiger partial charge in [-0.1, -0.05) is 17.3 Å². The summed E-state index contributed by atoms with van der Waals surface area (Å²) < 4.78 is 46.5. The molecule has 0 aliphatic rings. The number of nitrogen functional groups attached to an aromatic ring is 1. The van der Waals surface area contributed by atoms with E-state index in [1.54, 1.807) is 48.8 Å². The molecule has 0 saturated carbocycles. The molecule has 1 unspecified atom stereocenters. The smallest absolute Gasteiger partial charge is 0.439 e. The van der Waals surface area contributed by atoms with E-state index in [1.165, 1.54) is 16.7 Å². The molecule has 3 N–H and O–H groups in total. The monoisotopic (exact) mass is 487 g/mol. The zero-order chi connectivity index (χ0) is 24.1. The van der Waals surface area contributed by atoms with Crippen molar-refractivity contribution in [3.8, 4) is 23.0 Å². The molecule has 10 nitrogen and oxygen atoms in total. The molecule has 176 valence electrons. The van der Waals surface area contributed by atoms with Gasteiger partial charge in [0, 0.05) is 37.9 Å². The number of benzene rings is 1. The average molecular weight is 487 g/mol. The van der Waals surface area contributed by atoms with E-state index in [-0.39, 0.29) is 12.5 Å². The zero-order valence-electron chi connectivity index (χ0n) is 18.0. The van der Waals surface area contributed by atoms with Gasteiger partial charge in [-0.15, -0.1) is 0 Å². The first kappa shape index (κ1) is 23.5. The van der Waals surface area contributed by atoms with Crippen LogP contribution < -0.4 is 15.0 Å². The summed E-state index contributed by atoms with van der Waals surface area (Å²) in [6.07, 6.45) is 3.66. The zero-order valence-corrected chi connectivity index (χ0v) is 18.9. The second-order valence-corrected chi connectivity index (χ2v) is 8.67. The lowest BCUT2D eigenvalue weighted by molar-refractivity contribution is -0.711. The summed E-state index contributed by atoms with van der Waals surface area (Å²) in [5, 5.41) is 4.08. The SMILES string of the molecule is COP(=O)(O)OC[n+]1cccc(-c2cc(Cc3ccc(Oc4cccc(F)c4)nc3)no2)c1N. The summed E-state index contributed by atoms with van der Waals surface area (Å²) in [7, 11) is -3.08. The lowest BCUT2D eigenvalue weighted by Crippen LogP contribution is -2.38. The molecule has 4 aromatic rings. The lowest BCUT2D eigenvalue weighted by atomic mass is 10.1. The van der Waals surface area contributed by atoms with Gasteiger partial charge in [0.1, 0.15) is 17.1 Å². The van der Waals surface area contributed by atoms with Crippen LogP contribution in [0.2, 0.25) is 0 Å². The van der Waals surface area contributed by atoms with E-state index in [0.29, 0.717) is 35.1 Å². The molecule has 0 radical (unpaired) electrons. The van der Waals surface area contributed by atoms with Gasteiger partial charge in [-0.2, -0.15) is 0 Å². The lowest BCUT2D eigenvalue weighted by Gasteiger charge is -2.09. The maximum Gasteiger partial charge on any atom is 0.475 e. The molecule has 0 amide bonds. The van der Waals surface area contributed by atoms with Crippen molar-refractivity contribution >= 4 is 13.6 Å². The van der Waals surface area contributed by atoms with Crippen LogP contribution in [-0.2, 0) is 26.8 Å². The van der Waals surface area contributed by atoms with Crippen molar-refractivity contribution in [2.45, 2.75) is 13.2 Å². The van der Waals surface area contributed by atoms with E-state index in [2.05, 4.69) is 14.7 Å². The molecule has 4 rings (SSSR count). The largest absolute Gasteiger partial charge is 0.475 e. The molecule has 12 heteroatoms. The van der Waals surface area contributed by atoms with Crippen molar-refractivity contribution < 1.29 is 36.7 Å². The Morgan fingerprint density at radius 2 is 2.06 bits per heavy atom. The Morgan fingerprint density at radius 1 is 1.21 bits per heavy atom. The number of hydrogen-bond acceptors (Lipinski definition) is 8. The number of halogens is 1. The van der Waals surface area contributed by atoms with E-state index in [0.717, 1.165) is 12.7 Å². The van der Waals surface area contributed by atoms with Crippen molar-refractivity contribution in [3.05, 3.63) is 84.1 Å². The normalized spacial score (nSPS) is 12.9. The Kier molecular flexibility index (Phi) is 6.99. The number of hydrogen-bond donors (Lipinski definition) is 2. The topological polar surface area (TPSA) is 134 Å². The van der Waals surface area contributed by atoms with Crippen molar-refractivity contribution in [2.75, 3.05) is 12.8 Å². The average Bonchev–Trinajstić information content (AvgIpc) is 3.28. The maximum atomic E-state index is 13.3. The molecule has 0 spiro atoms. The van der Waals surface area contributed by atoms with Crippen molar-refractivity contribution in [1.29, 1.82) is 0 Å². The van der Waals surface area contributed by atoms with Crippen LogP contribution in [0, 0.1) is 5.82 Å². The third kappa shape index (κ3) is 5.83. The Balaban J connectivity index is 1.44. The highest BCUT2D eigenvalue weighted by Crippen LogP contribution is 2.41. The van der Waals surface area contributed by atoms with E-state index >= 15 is 0 Å². The van der Waals surface area contributed by atoms with Gasteiger partial charge in [0.15, 0.2) is 5.76 Å². The molecular weight excluding hydrogens is 466 g/mol. The van der Waals surface area contributed by atoms with Gasteiger partial charge >= 0.3 is 7.82 Å². The van der Waals surface area contributed by atoms with Crippen LogP contribution in [-0.4, -0.2) is 22.1 Å². The maximum absolute atomic E-state index is 13.3. The molecule has 0 aliphatic carbocycles. The third-order valence-electron chi connectivity index (χ3n) is 4.73.